The van der Waals surface area contributed by atoms with E-state index in [-0.39, 0.29) is 37.5 Å². The number of hydrogen-bond acceptors (Lipinski definition) is 6. The summed E-state index contributed by atoms with van der Waals surface area (Å²) in [7, 11) is 0. The molecule has 6 nitrogen and oxygen atoms in total. The van der Waals surface area contributed by atoms with Gasteiger partial charge in [-0.25, -0.2) is 0 Å². The molecule has 83 heavy (non-hydrogen) atoms. The molecule has 1 atom stereocenters. The van der Waals surface area contributed by atoms with Gasteiger partial charge in [-0.05, 0) is 128 Å². The Labute approximate surface area is 512 Å². The van der Waals surface area contributed by atoms with Crippen LogP contribution in [0.4, 0.5) is 0 Å². The molecule has 470 valence electrons. The highest BCUT2D eigenvalue weighted by Gasteiger charge is 2.19. The molecule has 0 spiro atoms. The van der Waals surface area contributed by atoms with E-state index in [2.05, 4.69) is 161 Å². The fourth-order valence-electron chi connectivity index (χ4n) is 9.26. The lowest BCUT2D eigenvalue weighted by molar-refractivity contribution is -0.166. The minimum atomic E-state index is -0.820. The van der Waals surface area contributed by atoms with Crippen LogP contribution in [0.3, 0.4) is 0 Å². The van der Waals surface area contributed by atoms with Crippen LogP contribution in [0.25, 0.3) is 0 Å². The minimum Gasteiger partial charge on any atom is -0.462 e. The molecule has 0 saturated carbocycles. The number of rotatable bonds is 61. The second-order valence-corrected chi connectivity index (χ2v) is 22.3. The Kier molecular flexibility index (Phi) is 65.8. The molecule has 0 aromatic heterocycles. The lowest BCUT2D eigenvalue weighted by Gasteiger charge is -2.18. The molecule has 0 rings (SSSR count). The molecule has 0 aliphatic carbocycles. The maximum absolute atomic E-state index is 13.0. The third kappa shape index (κ3) is 68.0. The first-order valence-corrected chi connectivity index (χ1v) is 34.3. The summed E-state index contributed by atoms with van der Waals surface area (Å²) in [4.78, 5) is 38.4. The summed E-state index contributed by atoms with van der Waals surface area (Å²) in [5.74, 6) is -0.997. The number of unbranched alkanes of at least 4 members (excludes halogenated alkanes) is 26. The van der Waals surface area contributed by atoms with Crippen molar-refractivity contribution in [3.63, 3.8) is 0 Å². The van der Waals surface area contributed by atoms with E-state index in [0.29, 0.717) is 19.3 Å². The first kappa shape index (κ1) is 78.3. The number of carbonyl (C=O) groups is 3. The van der Waals surface area contributed by atoms with Gasteiger partial charge < -0.3 is 14.2 Å². The molecule has 0 aliphatic heterocycles. The molecule has 0 aromatic rings. The summed E-state index contributed by atoms with van der Waals surface area (Å²) >= 11 is 0. The molecule has 0 aliphatic rings. The number of carbonyl (C=O) groups excluding carboxylic acids is 3. The van der Waals surface area contributed by atoms with Gasteiger partial charge in [0.2, 0.25) is 0 Å². The van der Waals surface area contributed by atoms with Crippen LogP contribution in [-0.4, -0.2) is 37.2 Å². The van der Waals surface area contributed by atoms with Crippen molar-refractivity contribution in [2.45, 2.75) is 309 Å². The van der Waals surface area contributed by atoms with Gasteiger partial charge in [0.1, 0.15) is 13.2 Å². The van der Waals surface area contributed by atoms with Crippen LogP contribution in [0, 0.1) is 0 Å². The average Bonchev–Trinajstić information content (AvgIpc) is 3.49. The Morgan fingerprint density at radius 3 is 0.807 bits per heavy atom. The van der Waals surface area contributed by atoms with Crippen LogP contribution < -0.4 is 0 Å². The van der Waals surface area contributed by atoms with Gasteiger partial charge in [-0.3, -0.25) is 14.4 Å². The molecule has 6 heteroatoms. The zero-order valence-electron chi connectivity index (χ0n) is 53.9. The van der Waals surface area contributed by atoms with Crippen molar-refractivity contribution in [1.82, 2.24) is 0 Å². The largest absolute Gasteiger partial charge is 0.462 e. The van der Waals surface area contributed by atoms with Crippen LogP contribution in [0.2, 0.25) is 0 Å². The zero-order chi connectivity index (χ0) is 59.9. The molecule has 0 radical (unpaired) electrons. The average molecular weight is 1150 g/mol. The summed E-state index contributed by atoms with van der Waals surface area (Å²) < 4.78 is 16.9. The number of ether oxygens (including phenoxy) is 3. The lowest BCUT2D eigenvalue weighted by Crippen LogP contribution is -2.30. The smallest absolute Gasteiger partial charge is 0.306 e. The predicted octanol–water partition coefficient (Wildman–Crippen LogP) is 23.9. The Hall–Kier alpha value is -4.71. The molecule has 0 fully saturated rings. The van der Waals surface area contributed by atoms with E-state index >= 15 is 0 Å². The van der Waals surface area contributed by atoms with Crippen molar-refractivity contribution >= 4 is 17.9 Å². The third-order valence-electron chi connectivity index (χ3n) is 14.3. The standard InChI is InChI=1S/C77H126O6/c1-4-7-10-13-16-19-22-25-28-31-34-36-38-40-43-46-49-52-55-58-61-64-67-70-76(79)82-73-74(72-81-75(78)69-66-63-60-57-54-51-48-45-42-33-30-27-24-21-18-15-12-9-6-3)83-77(80)71-68-65-62-59-56-53-50-47-44-41-39-37-35-32-29-26-23-20-17-14-11-8-5-2/h7,9-10,12,16,18-19,21,23,25-28,30,32,34-36,42,45,51,54,60,63,74H,4-6,8,11,13-15,17,20,22,24,29,31,33,37-41,43-44,46-50,52-53,55-59,61-62,64-73H2,1-3H3/b10-7-,12-9-,19-16-,21-18-,26-23-,28-25-,30-27-,35-32-,36-34-,45-42-,54-51-,63-60-. The molecule has 0 amide bonds. The highest BCUT2D eigenvalue weighted by atomic mass is 16.6. The van der Waals surface area contributed by atoms with Crippen molar-refractivity contribution in [3.05, 3.63) is 146 Å². The molecule has 0 aromatic carbocycles. The zero-order valence-corrected chi connectivity index (χ0v) is 53.9. The molecule has 0 bridgehead atoms. The first-order valence-electron chi connectivity index (χ1n) is 34.3. The van der Waals surface area contributed by atoms with E-state index in [9.17, 15) is 14.4 Å². The third-order valence-corrected chi connectivity index (χ3v) is 14.3. The van der Waals surface area contributed by atoms with Gasteiger partial charge >= 0.3 is 17.9 Å². The van der Waals surface area contributed by atoms with E-state index in [1.54, 1.807) is 0 Å². The maximum atomic E-state index is 13.0. The van der Waals surface area contributed by atoms with E-state index in [4.69, 9.17) is 14.2 Å². The summed E-state index contributed by atoms with van der Waals surface area (Å²) in [5, 5.41) is 0. The van der Waals surface area contributed by atoms with Crippen molar-refractivity contribution in [1.29, 1.82) is 0 Å². The summed E-state index contributed by atoms with van der Waals surface area (Å²) in [5.41, 5.74) is 0. The van der Waals surface area contributed by atoms with Gasteiger partial charge in [0.15, 0.2) is 6.10 Å². The van der Waals surface area contributed by atoms with Crippen molar-refractivity contribution in [2.24, 2.45) is 0 Å². The summed E-state index contributed by atoms with van der Waals surface area (Å²) in [6.07, 6.45) is 100. The normalized spacial score (nSPS) is 13.0. The monoisotopic (exact) mass is 1150 g/mol. The van der Waals surface area contributed by atoms with Crippen LogP contribution in [0.1, 0.15) is 303 Å². The molecule has 0 saturated heterocycles. The van der Waals surface area contributed by atoms with Gasteiger partial charge in [0.05, 0.1) is 0 Å². The van der Waals surface area contributed by atoms with Crippen LogP contribution in [-0.2, 0) is 28.6 Å². The highest BCUT2D eigenvalue weighted by molar-refractivity contribution is 5.71. The van der Waals surface area contributed by atoms with Crippen LogP contribution in [0.5, 0.6) is 0 Å². The van der Waals surface area contributed by atoms with E-state index < -0.39 is 6.10 Å². The minimum absolute atomic E-state index is 0.108. The lowest BCUT2D eigenvalue weighted by atomic mass is 10.0. The van der Waals surface area contributed by atoms with Gasteiger partial charge in [-0.2, -0.15) is 0 Å². The van der Waals surface area contributed by atoms with Gasteiger partial charge in [-0.1, -0.05) is 301 Å². The molecule has 1 unspecified atom stereocenters. The van der Waals surface area contributed by atoms with E-state index in [1.807, 2.05) is 6.08 Å². The van der Waals surface area contributed by atoms with Gasteiger partial charge in [-0.15, -0.1) is 0 Å². The molecular weight excluding hydrogens is 1020 g/mol. The topological polar surface area (TPSA) is 78.9 Å². The Morgan fingerprint density at radius 1 is 0.253 bits per heavy atom. The second-order valence-electron chi connectivity index (χ2n) is 22.3. The highest BCUT2D eigenvalue weighted by Crippen LogP contribution is 2.16. The van der Waals surface area contributed by atoms with Crippen LogP contribution in [0.15, 0.2) is 146 Å². The summed E-state index contributed by atoms with van der Waals surface area (Å²) in [6.45, 7) is 6.35. The number of esters is 3. The fourth-order valence-corrected chi connectivity index (χ4v) is 9.26. The SMILES string of the molecule is CC/C=C\C/C=C\C/C=C\C/C=C\C/C=C\C/C=C\CCC(=O)OCC(COC(=O)CCCCCCCCCCCC/C=C\C/C=C\C/C=C\C/C=C\CC)OC(=O)CCCCCCCCCCCCC/C=C\C/C=C\CCCCCCC. The fraction of sp³-hybridized carbons (Fsp3) is 0.649. The molecular formula is C77H126O6. The van der Waals surface area contributed by atoms with Crippen molar-refractivity contribution in [2.75, 3.05) is 13.2 Å². The van der Waals surface area contributed by atoms with Crippen molar-refractivity contribution in [3.8, 4) is 0 Å². The Morgan fingerprint density at radius 2 is 0.494 bits per heavy atom. The van der Waals surface area contributed by atoms with Gasteiger partial charge in [0.25, 0.3) is 0 Å². The molecule has 0 heterocycles. The second kappa shape index (κ2) is 69.8. The summed E-state index contributed by atoms with van der Waals surface area (Å²) in [6, 6.07) is 0. The predicted molar refractivity (Wildman–Crippen MR) is 362 cm³/mol. The Bertz CT molecular complexity index is 1800. The van der Waals surface area contributed by atoms with E-state index in [0.717, 1.165) is 109 Å². The quantitative estimate of drug-likeness (QED) is 0.0261. The van der Waals surface area contributed by atoms with E-state index in [1.165, 1.54) is 148 Å². The maximum Gasteiger partial charge on any atom is 0.306 e. The molecule has 0 N–H and O–H groups in total. The Balaban J connectivity index is 4.48. The van der Waals surface area contributed by atoms with Gasteiger partial charge in [0, 0.05) is 19.3 Å². The number of allylic oxidation sites excluding steroid dienone is 24. The van der Waals surface area contributed by atoms with Crippen molar-refractivity contribution < 1.29 is 28.6 Å². The number of hydrogen-bond donors (Lipinski definition) is 0. The first-order chi connectivity index (χ1) is 41.0. The van der Waals surface area contributed by atoms with Crippen LogP contribution >= 0.6 is 0 Å².